The van der Waals surface area contributed by atoms with Gasteiger partial charge in [0.2, 0.25) is 0 Å². The van der Waals surface area contributed by atoms with Gasteiger partial charge in [-0.15, -0.1) is 0 Å². The van der Waals surface area contributed by atoms with Gasteiger partial charge in [0.15, 0.2) is 0 Å². The summed E-state index contributed by atoms with van der Waals surface area (Å²) in [6, 6.07) is 0. The summed E-state index contributed by atoms with van der Waals surface area (Å²) in [6.07, 6.45) is 2.83. The summed E-state index contributed by atoms with van der Waals surface area (Å²) in [6.45, 7) is 3.95. The second kappa shape index (κ2) is 3.25. The Hall–Kier alpha value is -0.860. The molecule has 3 heteroatoms. The summed E-state index contributed by atoms with van der Waals surface area (Å²) < 4.78 is 5.18. The van der Waals surface area contributed by atoms with Crippen LogP contribution < -0.4 is 0 Å². The Morgan fingerprint density at radius 2 is 2.17 bits per heavy atom. The zero-order valence-corrected chi connectivity index (χ0v) is 7.50. The fourth-order valence-electron chi connectivity index (χ4n) is 1.60. The zero-order valence-electron chi connectivity index (χ0n) is 7.50. The first kappa shape index (κ1) is 9.23. The van der Waals surface area contributed by atoms with Crippen molar-refractivity contribution in [1.82, 2.24) is 0 Å². The van der Waals surface area contributed by atoms with Crippen molar-refractivity contribution in [2.45, 2.75) is 38.7 Å². The lowest BCUT2D eigenvalue weighted by molar-refractivity contribution is -0.151. The molecule has 1 aliphatic heterocycles. The molecular formula is C9H14O3. The normalized spacial score (nSPS) is 26.8. The molecule has 1 fully saturated rings. The molecule has 0 N–H and O–H groups in total. The quantitative estimate of drug-likeness (QED) is 0.364. The lowest BCUT2D eigenvalue weighted by atomic mass is 9.90. The molecule has 0 radical (unpaired) electrons. The Morgan fingerprint density at radius 1 is 1.58 bits per heavy atom. The maximum Gasteiger partial charge on any atom is 0.316 e. The Labute approximate surface area is 72.1 Å². The number of aldehydes is 1. The minimum atomic E-state index is -0.523. The summed E-state index contributed by atoms with van der Waals surface area (Å²) in [7, 11) is 0. The molecule has 0 aliphatic carbocycles. The first-order chi connectivity index (χ1) is 5.67. The minimum Gasteiger partial charge on any atom is -0.459 e. The second-order valence-electron chi connectivity index (χ2n) is 3.26. The number of rotatable bonds is 3. The maximum atomic E-state index is 11.1. The first-order valence-corrected chi connectivity index (χ1v) is 4.35. The highest BCUT2D eigenvalue weighted by Gasteiger charge is 2.44. The van der Waals surface area contributed by atoms with Crippen LogP contribution in [0, 0.1) is 5.92 Å². The molecule has 0 aromatic heterocycles. The SMILES string of the molecule is CCC1(CC)CC(C=O)C(=O)O1. The van der Waals surface area contributed by atoms with Gasteiger partial charge < -0.3 is 9.53 Å². The molecule has 1 heterocycles. The van der Waals surface area contributed by atoms with E-state index in [1.807, 2.05) is 13.8 Å². The summed E-state index contributed by atoms with van der Waals surface area (Å²) >= 11 is 0. The van der Waals surface area contributed by atoms with E-state index in [1.54, 1.807) is 0 Å². The van der Waals surface area contributed by atoms with Crippen LogP contribution in [-0.4, -0.2) is 17.9 Å². The number of ether oxygens (including phenoxy) is 1. The van der Waals surface area contributed by atoms with Crippen LogP contribution in [0.25, 0.3) is 0 Å². The summed E-state index contributed by atoms with van der Waals surface area (Å²) in [5, 5.41) is 0. The van der Waals surface area contributed by atoms with E-state index in [9.17, 15) is 9.59 Å². The Kier molecular flexibility index (Phi) is 2.50. The molecular weight excluding hydrogens is 156 g/mol. The minimum absolute atomic E-state index is 0.353. The van der Waals surface area contributed by atoms with Crippen LogP contribution in [0.1, 0.15) is 33.1 Å². The van der Waals surface area contributed by atoms with Crippen LogP contribution in [0.15, 0.2) is 0 Å². The van der Waals surface area contributed by atoms with Crippen molar-refractivity contribution in [2.24, 2.45) is 5.92 Å². The van der Waals surface area contributed by atoms with Gasteiger partial charge in [-0.1, -0.05) is 13.8 Å². The lowest BCUT2D eigenvalue weighted by Gasteiger charge is -2.23. The van der Waals surface area contributed by atoms with Crippen molar-refractivity contribution in [3.05, 3.63) is 0 Å². The second-order valence-corrected chi connectivity index (χ2v) is 3.26. The fourth-order valence-corrected chi connectivity index (χ4v) is 1.60. The van der Waals surface area contributed by atoms with Gasteiger partial charge in [-0.3, -0.25) is 4.79 Å². The van der Waals surface area contributed by atoms with E-state index in [2.05, 4.69) is 0 Å². The molecule has 0 aromatic carbocycles. The molecule has 1 rings (SSSR count). The molecule has 3 nitrogen and oxygen atoms in total. The number of carbonyl (C=O) groups excluding carboxylic acids is 2. The van der Waals surface area contributed by atoms with Crippen LogP contribution >= 0.6 is 0 Å². The molecule has 0 spiro atoms. The van der Waals surface area contributed by atoms with Crippen LogP contribution in [0.5, 0.6) is 0 Å². The van der Waals surface area contributed by atoms with Crippen molar-refractivity contribution >= 4 is 12.3 Å². The maximum absolute atomic E-state index is 11.1. The summed E-state index contributed by atoms with van der Waals surface area (Å²) in [4.78, 5) is 21.5. The van der Waals surface area contributed by atoms with E-state index >= 15 is 0 Å². The van der Waals surface area contributed by atoms with Gasteiger partial charge in [0.25, 0.3) is 0 Å². The Bertz CT molecular complexity index is 194. The standard InChI is InChI=1S/C9H14O3/c1-3-9(4-2)5-7(6-10)8(11)12-9/h6-7H,3-5H2,1-2H3. The number of hydrogen-bond acceptors (Lipinski definition) is 3. The largest absolute Gasteiger partial charge is 0.459 e. The number of hydrogen-bond donors (Lipinski definition) is 0. The van der Waals surface area contributed by atoms with Crippen molar-refractivity contribution in [3.63, 3.8) is 0 Å². The van der Waals surface area contributed by atoms with E-state index < -0.39 is 5.92 Å². The molecule has 12 heavy (non-hydrogen) atoms. The van der Waals surface area contributed by atoms with Gasteiger partial charge in [0.05, 0.1) is 0 Å². The van der Waals surface area contributed by atoms with Crippen LogP contribution in [0.3, 0.4) is 0 Å². The molecule has 68 valence electrons. The third-order valence-electron chi connectivity index (χ3n) is 2.66. The third-order valence-corrected chi connectivity index (χ3v) is 2.66. The van der Waals surface area contributed by atoms with E-state index in [0.29, 0.717) is 12.7 Å². The number of carbonyl (C=O) groups is 2. The summed E-state index contributed by atoms with van der Waals surface area (Å²) in [5.41, 5.74) is -0.358. The van der Waals surface area contributed by atoms with Crippen molar-refractivity contribution in [3.8, 4) is 0 Å². The average molecular weight is 170 g/mol. The van der Waals surface area contributed by atoms with Crippen LogP contribution in [0.4, 0.5) is 0 Å². The van der Waals surface area contributed by atoms with Crippen molar-refractivity contribution < 1.29 is 14.3 Å². The topological polar surface area (TPSA) is 43.4 Å². The van der Waals surface area contributed by atoms with Gasteiger partial charge in [0, 0.05) is 6.42 Å². The monoisotopic (exact) mass is 170 g/mol. The molecule has 1 saturated heterocycles. The molecule has 0 saturated carbocycles. The third kappa shape index (κ3) is 1.36. The zero-order chi connectivity index (χ0) is 9.19. The van der Waals surface area contributed by atoms with Gasteiger partial charge in [-0.25, -0.2) is 0 Å². The fraction of sp³-hybridized carbons (Fsp3) is 0.778. The van der Waals surface area contributed by atoms with Crippen LogP contribution in [0.2, 0.25) is 0 Å². The van der Waals surface area contributed by atoms with E-state index in [-0.39, 0.29) is 11.6 Å². The molecule has 0 aromatic rings. The summed E-state index contributed by atoms with van der Waals surface area (Å²) in [5.74, 6) is -0.876. The smallest absolute Gasteiger partial charge is 0.316 e. The van der Waals surface area contributed by atoms with Crippen molar-refractivity contribution in [2.75, 3.05) is 0 Å². The molecule has 0 amide bonds. The van der Waals surface area contributed by atoms with E-state index in [1.165, 1.54) is 0 Å². The van der Waals surface area contributed by atoms with Gasteiger partial charge in [-0.05, 0) is 12.8 Å². The van der Waals surface area contributed by atoms with Gasteiger partial charge in [0.1, 0.15) is 17.8 Å². The lowest BCUT2D eigenvalue weighted by Crippen LogP contribution is -2.26. The highest BCUT2D eigenvalue weighted by molar-refractivity contribution is 5.89. The number of esters is 1. The average Bonchev–Trinajstić information content (AvgIpc) is 2.43. The van der Waals surface area contributed by atoms with E-state index in [0.717, 1.165) is 12.8 Å². The van der Waals surface area contributed by atoms with Gasteiger partial charge >= 0.3 is 5.97 Å². The first-order valence-electron chi connectivity index (χ1n) is 4.35. The van der Waals surface area contributed by atoms with E-state index in [4.69, 9.17) is 4.74 Å². The molecule has 1 atom stereocenters. The van der Waals surface area contributed by atoms with Crippen molar-refractivity contribution in [1.29, 1.82) is 0 Å². The highest BCUT2D eigenvalue weighted by Crippen LogP contribution is 2.35. The predicted molar refractivity (Wildman–Crippen MR) is 43.6 cm³/mol. The Balaban J connectivity index is 2.74. The number of cyclic esters (lactones) is 1. The highest BCUT2D eigenvalue weighted by atomic mass is 16.6. The predicted octanol–water partition coefficient (Wildman–Crippen LogP) is 1.31. The van der Waals surface area contributed by atoms with Gasteiger partial charge in [-0.2, -0.15) is 0 Å². The molecule has 1 unspecified atom stereocenters. The molecule has 1 aliphatic rings. The Morgan fingerprint density at radius 3 is 2.42 bits per heavy atom. The van der Waals surface area contributed by atoms with Crippen LogP contribution in [-0.2, 0) is 14.3 Å². The molecule has 0 bridgehead atoms.